The number of benzene rings is 1. The molecule has 0 saturated heterocycles. The van der Waals surface area contributed by atoms with Gasteiger partial charge in [0.05, 0.1) is 14.2 Å². The monoisotopic (exact) mass is 324 g/mol. The molecule has 122 valence electrons. The van der Waals surface area contributed by atoms with Crippen molar-refractivity contribution < 1.29 is 19.1 Å². The fraction of sp³-hybridized carbons (Fsp3) is 0.529. The quantitative estimate of drug-likeness (QED) is 0.455. The van der Waals surface area contributed by atoms with Crippen molar-refractivity contribution in [1.82, 2.24) is 0 Å². The number of methoxy groups -OCH3 is 2. The molecule has 0 aromatic heterocycles. The Bertz CT molecular complexity index is 477. The number of ether oxygens (including phenoxy) is 2. The first-order valence-electron chi connectivity index (χ1n) is 7.17. The van der Waals surface area contributed by atoms with E-state index in [1.165, 1.54) is 14.2 Å². The Labute approximate surface area is 136 Å². The number of rotatable bonds is 6. The molecule has 0 heterocycles. The summed E-state index contributed by atoms with van der Waals surface area (Å²) in [6.45, 7) is 6.29. The van der Waals surface area contributed by atoms with Gasteiger partial charge >= 0.3 is 11.9 Å². The van der Waals surface area contributed by atoms with Gasteiger partial charge in [-0.2, -0.15) is 0 Å². The van der Waals surface area contributed by atoms with E-state index in [4.69, 9.17) is 9.47 Å². The van der Waals surface area contributed by atoms with Gasteiger partial charge in [0, 0.05) is 10.1 Å². The van der Waals surface area contributed by atoms with E-state index in [1.807, 2.05) is 30.3 Å². The fourth-order valence-electron chi connectivity index (χ4n) is 2.03. The number of carbonyl (C=O) groups excluding carboxylic acids is 2. The molecule has 1 atom stereocenters. The number of hydrogen-bond donors (Lipinski definition) is 0. The lowest BCUT2D eigenvalue weighted by atomic mass is 9.86. The van der Waals surface area contributed by atoms with Crippen LogP contribution in [0.4, 0.5) is 0 Å². The maximum absolute atomic E-state index is 11.9. The second-order valence-electron chi connectivity index (χ2n) is 6.12. The molecule has 0 N–H and O–H groups in total. The predicted molar refractivity (Wildman–Crippen MR) is 87.7 cm³/mol. The summed E-state index contributed by atoms with van der Waals surface area (Å²) in [4.78, 5) is 24.9. The largest absolute Gasteiger partial charge is 0.468 e. The lowest BCUT2D eigenvalue weighted by molar-refractivity contribution is -0.159. The standard InChI is InChI=1S/C17H24O4S/c1-17(2,3)14(22-12-9-7-6-8-10-12)11-13(15(18)20-4)16(19)21-5/h6-10,13-14H,11H2,1-5H3. The van der Waals surface area contributed by atoms with Gasteiger partial charge in [0.1, 0.15) is 0 Å². The van der Waals surface area contributed by atoms with Gasteiger partial charge in [0.2, 0.25) is 0 Å². The summed E-state index contributed by atoms with van der Waals surface area (Å²) in [7, 11) is 2.57. The Morgan fingerprint density at radius 3 is 1.95 bits per heavy atom. The van der Waals surface area contributed by atoms with Crippen molar-refractivity contribution in [1.29, 1.82) is 0 Å². The highest BCUT2D eigenvalue weighted by molar-refractivity contribution is 8.00. The normalized spacial score (nSPS) is 12.8. The first kappa shape index (κ1) is 18.6. The average Bonchev–Trinajstić information content (AvgIpc) is 2.49. The Morgan fingerprint density at radius 1 is 1.05 bits per heavy atom. The molecule has 0 aliphatic rings. The van der Waals surface area contributed by atoms with Crippen molar-refractivity contribution in [3.05, 3.63) is 30.3 Å². The van der Waals surface area contributed by atoms with E-state index in [9.17, 15) is 9.59 Å². The van der Waals surface area contributed by atoms with Gasteiger partial charge in [-0.05, 0) is 24.0 Å². The van der Waals surface area contributed by atoms with Crippen molar-refractivity contribution in [2.45, 2.75) is 37.3 Å². The van der Waals surface area contributed by atoms with Gasteiger partial charge in [0.15, 0.2) is 5.92 Å². The number of esters is 2. The van der Waals surface area contributed by atoms with Crippen LogP contribution in [0.1, 0.15) is 27.2 Å². The highest BCUT2D eigenvalue weighted by atomic mass is 32.2. The predicted octanol–water partition coefficient (Wildman–Crippen LogP) is 3.55. The molecule has 0 spiro atoms. The van der Waals surface area contributed by atoms with E-state index < -0.39 is 17.9 Å². The van der Waals surface area contributed by atoms with Gasteiger partial charge in [-0.25, -0.2) is 0 Å². The molecule has 4 nitrogen and oxygen atoms in total. The molecular weight excluding hydrogens is 300 g/mol. The minimum absolute atomic E-state index is 0.0677. The SMILES string of the molecule is COC(=O)C(CC(Sc1ccccc1)C(C)(C)C)C(=O)OC. The zero-order valence-corrected chi connectivity index (χ0v) is 14.6. The summed E-state index contributed by atoms with van der Waals surface area (Å²) < 4.78 is 9.50. The van der Waals surface area contributed by atoms with Gasteiger partial charge in [0.25, 0.3) is 0 Å². The van der Waals surface area contributed by atoms with E-state index in [0.29, 0.717) is 6.42 Å². The van der Waals surface area contributed by atoms with Gasteiger partial charge in [-0.1, -0.05) is 39.0 Å². The molecule has 1 aromatic carbocycles. The smallest absolute Gasteiger partial charge is 0.320 e. The van der Waals surface area contributed by atoms with Crippen molar-refractivity contribution in [2.24, 2.45) is 11.3 Å². The van der Waals surface area contributed by atoms with Gasteiger partial charge in [-0.15, -0.1) is 11.8 Å². The van der Waals surface area contributed by atoms with E-state index in [-0.39, 0.29) is 10.7 Å². The Balaban J connectivity index is 2.96. The van der Waals surface area contributed by atoms with Crippen LogP contribution in [0.5, 0.6) is 0 Å². The Kier molecular flexibility index (Phi) is 6.94. The Morgan fingerprint density at radius 2 is 1.55 bits per heavy atom. The molecule has 1 aromatic rings. The van der Waals surface area contributed by atoms with Crippen LogP contribution in [-0.2, 0) is 19.1 Å². The van der Waals surface area contributed by atoms with Crippen molar-refractivity contribution >= 4 is 23.7 Å². The maximum atomic E-state index is 11.9. The van der Waals surface area contributed by atoms with Crippen molar-refractivity contribution in [3.63, 3.8) is 0 Å². The topological polar surface area (TPSA) is 52.6 Å². The van der Waals surface area contributed by atoms with Crippen LogP contribution in [0.3, 0.4) is 0 Å². The first-order chi connectivity index (χ1) is 10.3. The molecule has 1 unspecified atom stereocenters. The lowest BCUT2D eigenvalue weighted by Gasteiger charge is -2.31. The van der Waals surface area contributed by atoms with Crippen LogP contribution in [0.2, 0.25) is 0 Å². The first-order valence-corrected chi connectivity index (χ1v) is 8.05. The molecule has 0 aliphatic carbocycles. The maximum Gasteiger partial charge on any atom is 0.320 e. The zero-order chi connectivity index (χ0) is 16.8. The summed E-state index contributed by atoms with van der Waals surface area (Å²) in [5.41, 5.74) is -0.0825. The van der Waals surface area contributed by atoms with Crippen LogP contribution in [0.15, 0.2) is 35.2 Å². The van der Waals surface area contributed by atoms with Crippen molar-refractivity contribution in [3.8, 4) is 0 Å². The third kappa shape index (κ3) is 5.37. The van der Waals surface area contributed by atoms with Crippen LogP contribution in [-0.4, -0.2) is 31.4 Å². The van der Waals surface area contributed by atoms with E-state index in [2.05, 4.69) is 20.8 Å². The summed E-state index contributed by atoms with van der Waals surface area (Å²) in [6, 6.07) is 9.95. The molecular formula is C17H24O4S. The van der Waals surface area contributed by atoms with Crippen LogP contribution >= 0.6 is 11.8 Å². The molecule has 1 rings (SSSR count). The van der Waals surface area contributed by atoms with E-state index in [1.54, 1.807) is 11.8 Å². The highest BCUT2D eigenvalue weighted by Gasteiger charge is 2.36. The van der Waals surface area contributed by atoms with Crippen LogP contribution in [0.25, 0.3) is 0 Å². The van der Waals surface area contributed by atoms with Gasteiger partial charge < -0.3 is 9.47 Å². The van der Waals surface area contributed by atoms with Crippen LogP contribution < -0.4 is 0 Å². The average molecular weight is 324 g/mol. The summed E-state index contributed by atoms with van der Waals surface area (Å²) >= 11 is 1.66. The second kappa shape index (κ2) is 8.22. The molecule has 0 fully saturated rings. The lowest BCUT2D eigenvalue weighted by Crippen LogP contribution is -2.34. The number of thioether (sulfide) groups is 1. The van der Waals surface area contributed by atoms with Crippen LogP contribution in [0, 0.1) is 11.3 Å². The molecule has 5 heteroatoms. The Hall–Kier alpha value is -1.49. The fourth-order valence-corrected chi connectivity index (χ4v) is 3.31. The van der Waals surface area contributed by atoms with Crippen molar-refractivity contribution in [2.75, 3.05) is 14.2 Å². The molecule has 0 amide bonds. The minimum Gasteiger partial charge on any atom is -0.468 e. The molecule has 22 heavy (non-hydrogen) atoms. The third-order valence-corrected chi connectivity index (χ3v) is 5.14. The molecule has 0 saturated carbocycles. The number of hydrogen-bond acceptors (Lipinski definition) is 5. The summed E-state index contributed by atoms with van der Waals surface area (Å²) in [5, 5.41) is 0.0677. The molecule has 0 aliphatic heterocycles. The zero-order valence-electron chi connectivity index (χ0n) is 13.8. The van der Waals surface area contributed by atoms with E-state index in [0.717, 1.165) is 4.90 Å². The van der Waals surface area contributed by atoms with Gasteiger partial charge in [-0.3, -0.25) is 9.59 Å². The third-order valence-electron chi connectivity index (χ3n) is 3.41. The summed E-state index contributed by atoms with van der Waals surface area (Å²) in [6.07, 6.45) is 0.377. The highest BCUT2D eigenvalue weighted by Crippen LogP contribution is 2.39. The molecule has 0 bridgehead atoms. The van der Waals surface area contributed by atoms with E-state index >= 15 is 0 Å². The minimum atomic E-state index is -0.893. The summed E-state index contributed by atoms with van der Waals surface area (Å²) in [5.74, 6) is -1.99. The molecule has 0 radical (unpaired) electrons. The number of carbonyl (C=O) groups is 2. The second-order valence-corrected chi connectivity index (χ2v) is 7.40.